The van der Waals surface area contributed by atoms with Gasteiger partial charge in [0.05, 0.1) is 6.10 Å². The summed E-state index contributed by atoms with van der Waals surface area (Å²) in [5.41, 5.74) is 2.22. The Balaban J connectivity index is 4.48. The average molecular weight is 561 g/mol. The number of unbranched alkanes of at least 4 members (excludes halogenated alkanes) is 1. The SMILES string of the molecule is COCOC(=O)/C=C(\C=C\[C@@H](C)C/C=C/CC/C=C/C=C\C[C@@H](OC)/C(C)=C\C=C(/C)C(=O)OCOC)CCO. The van der Waals surface area contributed by atoms with Crippen LogP contribution in [0.4, 0.5) is 0 Å². The topological polar surface area (TPSA) is 101 Å². The van der Waals surface area contributed by atoms with Gasteiger partial charge in [0.2, 0.25) is 0 Å². The predicted molar refractivity (Wildman–Crippen MR) is 158 cm³/mol. The number of hydrogen-bond acceptors (Lipinski definition) is 8. The van der Waals surface area contributed by atoms with Gasteiger partial charge in [-0.25, -0.2) is 9.59 Å². The fourth-order valence-corrected chi connectivity index (χ4v) is 3.21. The third-order valence-electron chi connectivity index (χ3n) is 5.59. The Morgan fingerprint density at radius 2 is 1.52 bits per heavy atom. The average Bonchev–Trinajstić information content (AvgIpc) is 2.94. The smallest absolute Gasteiger partial charge is 0.335 e. The van der Waals surface area contributed by atoms with E-state index in [-0.39, 0.29) is 26.3 Å². The van der Waals surface area contributed by atoms with Crippen LogP contribution in [-0.2, 0) is 33.3 Å². The van der Waals surface area contributed by atoms with Crippen molar-refractivity contribution in [3.05, 3.63) is 83.6 Å². The third kappa shape index (κ3) is 19.9. The van der Waals surface area contributed by atoms with E-state index in [1.165, 1.54) is 20.3 Å². The van der Waals surface area contributed by atoms with Crippen LogP contribution in [0.15, 0.2) is 83.6 Å². The van der Waals surface area contributed by atoms with Gasteiger partial charge in [-0.15, -0.1) is 0 Å². The van der Waals surface area contributed by atoms with Crippen molar-refractivity contribution in [3.8, 4) is 0 Å². The highest BCUT2D eigenvalue weighted by molar-refractivity contribution is 5.88. The highest BCUT2D eigenvalue weighted by atomic mass is 16.7. The summed E-state index contributed by atoms with van der Waals surface area (Å²) < 4.78 is 24.8. The standard InChI is InChI=1S/C32H48O8/c1-26(17-20-29(21-22-33)23-31(34)39-24-36-4)15-13-11-9-7-8-10-12-14-16-30(38-6)27(2)18-19-28(3)32(35)40-25-37-5/h8,10-14,17-20,23,26,30,33H,7,9,15-16,21-22,24-25H2,1-6H3/b10-8+,13-11+,14-12-,20-17+,27-18-,28-19+,29-23+/t26-,30+/m0/s1. The lowest BCUT2D eigenvalue weighted by molar-refractivity contribution is -0.149. The molecule has 0 spiro atoms. The van der Waals surface area contributed by atoms with Crippen molar-refractivity contribution < 1.29 is 38.4 Å². The van der Waals surface area contributed by atoms with E-state index >= 15 is 0 Å². The molecule has 0 aliphatic rings. The number of carbonyl (C=O) groups is 2. The fourth-order valence-electron chi connectivity index (χ4n) is 3.21. The van der Waals surface area contributed by atoms with Gasteiger partial charge >= 0.3 is 11.9 Å². The maximum Gasteiger partial charge on any atom is 0.335 e. The molecule has 0 aromatic heterocycles. The number of methoxy groups -OCH3 is 3. The number of hydrogen-bond donors (Lipinski definition) is 1. The van der Waals surface area contributed by atoms with E-state index in [1.54, 1.807) is 20.1 Å². The number of ether oxygens (including phenoxy) is 5. The van der Waals surface area contributed by atoms with Crippen molar-refractivity contribution in [2.45, 2.75) is 59.0 Å². The first-order chi connectivity index (χ1) is 19.3. The Bertz CT molecular complexity index is 921. The van der Waals surface area contributed by atoms with Gasteiger partial charge in [-0.3, -0.25) is 0 Å². The minimum absolute atomic E-state index is 0.0406. The van der Waals surface area contributed by atoms with E-state index in [9.17, 15) is 14.7 Å². The van der Waals surface area contributed by atoms with Crippen LogP contribution in [0.3, 0.4) is 0 Å². The van der Waals surface area contributed by atoms with Gasteiger partial charge in [0, 0.05) is 39.6 Å². The van der Waals surface area contributed by atoms with Crippen LogP contribution in [0.5, 0.6) is 0 Å². The first-order valence-electron chi connectivity index (χ1n) is 13.4. The van der Waals surface area contributed by atoms with Crippen molar-refractivity contribution in [2.75, 3.05) is 41.5 Å². The molecule has 0 radical (unpaired) electrons. The van der Waals surface area contributed by atoms with Crippen LogP contribution in [0.25, 0.3) is 0 Å². The van der Waals surface area contributed by atoms with Gasteiger partial charge in [0.15, 0.2) is 13.6 Å². The maximum atomic E-state index is 11.8. The number of aliphatic hydroxyl groups excluding tert-OH is 1. The molecule has 0 aromatic carbocycles. The zero-order valence-corrected chi connectivity index (χ0v) is 25.0. The number of rotatable bonds is 21. The Hall–Kier alpha value is -3.04. The summed E-state index contributed by atoms with van der Waals surface area (Å²) in [7, 11) is 4.59. The Labute approximate surface area is 240 Å². The lowest BCUT2D eigenvalue weighted by Gasteiger charge is -2.13. The molecular formula is C32H48O8. The molecule has 0 aliphatic heterocycles. The number of allylic oxidation sites excluding steroid dienone is 9. The first-order valence-corrected chi connectivity index (χ1v) is 13.4. The molecule has 0 saturated heterocycles. The van der Waals surface area contributed by atoms with Gasteiger partial charge < -0.3 is 28.8 Å². The molecule has 0 aromatic rings. The molecule has 0 bridgehead atoms. The summed E-state index contributed by atoms with van der Waals surface area (Å²) in [6.07, 6.45) is 25.2. The Kier molecular flexibility index (Phi) is 23.1. The summed E-state index contributed by atoms with van der Waals surface area (Å²) >= 11 is 0. The second-order valence-corrected chi connectivity index (χ2v) is 9.10. The van der Waals surface area contributed by atoms with Gasteiger partial charge in [0.1, 0.15) is 0 Å². The zero-order valence-electron chi connectivity index (χ0n) is 25.0. The normalized spacial score (nSPS) is 15.0. The van der Waals surface area contributed by atoms with Crippen LogP contribution < -0.4 is 0 Å². The van der Waals surface area contributed by atoms with E-state index in [1.807, 2.05) is 37.3 Å². The second-order valence-electron chi connectivity index (χ2n) is 9.10. The van der Waals surface area contributed by atoms with Crippen LogP contribution in [-0.4, -0.2) is 64.7 Å². The summed E-state index contributed by atoms with van der Waals surface area (Å²) in [5.74, 6) is -0.606. The van der Waals surface area contributed by atoms with Gasteiger partial charge in [-0.05, 0) is 63.0 Å². The van der Waals surface area contributed by atoms with Crippen molar-refractivity contribution in [3.63, 3.8) is 0 Å². The summed E-state index contributed by atoms with van der Waals surface area (Å²) in [6, 6.07) is 0. The van der Waals surface area contributed by atoms with Crippen molar-refractivity contribution in [2.24, 2.45) is 5.92 Å². The molecule has 0 heterocycles. The quantitative estimate of drug-likeness (QED) is 0.0461. The maximum absolute atomic E-state index is 11.8. The molecule has 40 heavy (non-hydrogen) atoms. The Morgan fingerprint density at radius 1 is 0.850 bits per heavy atom. The second kappa shape index (κ2) is 25.0. The van der Waals surface area contributed by atoms with Crippen molar-refractivity contribution in [1.82, 2.24) is 0 Å². The van der Waals surface area contributed by atoms with E-state index in [0.717, 1.165) is 31.3 Å². The zero-order chi connectivity index (χ0) is 30.0. The van der Waals surface area contributed by atoms with E-state index in [2.05, 4.69) is 31.2 Å². The molecular weight excluding hydrogens is 512 g/mol. The molecule has 0 amide bonds. The number of esters is 2. The van der Waals surface area contributed by atoms with Gasteiger partial charge in [-0.2, -0.15) is 0 Å². The summed E-state index contributed by atoms with van der Waals surface area (Å²) in [6.45, 7) is 5.56. The van der Waals surface area contributed by atoms with Crippen molar-refractivity contribution in [1.29, 1.82) is 0 Å². The summed E-state index contributed by atoms with van der Waals surface area (Å²) in [4.78, 5) is 23.5. The minimum atomic E-state index is -0.488. The largest absolute Gasteiger partial charge is 0.435 e. The monoisotopic (exact) mass is 560 g/mol. The van der Waals surface area contributed by atoms with Crippen LogP contribution >= 0.6 is 0 Å². The first kappa shape index (κ1) is 37.0. The molecule has 0 saturated carbocycles. The molecule has 0 rings (SSSR count). The molecule has 0 aliphatic carbocycles. The van der Waals surface area contributed by atoms with Crippen LogP contribution in [0, 0.1) is 5.92 Å². The van der Waals surface area contributed by atoms with Crippen LogP contribution in [0.2, 0.25) is 0 Å². The van der Waals surface area contributed by atoms with Gasteiger partial charge in [-0.1, -0.05) is 67.7 Å². The molecule has 1 N–H and O–H groups in total. The summed E-state index contributed by atoms with van der Waals surface area (Å²) in [5, 5.41) is 9.21. The number of aliphatic hydroxyl groups is 1. The number of carbonyl (C=O) groups excluding carboxylic acids is 2. The molecule has 2 atom stereocenters. The molecule has 0 unspecified atom stereocenters. The molecule has 0 fully saturated rings. The Morgan fingerprint density at radius 3 is 2.20 bits per heavy atom. The lowest BCUT2D eigenvalue weighted by atomic mass is 10.0. The molecule has 224 valence electrons. The predicted octanol–water partition coefficient (Wildman–Crippen LogP) is 5.92. The third-order valence-corrected chi connectivity index (χ3v) is 5.59. The highest BCUT2D eigenvalue weighted by Gasteiger charge is 2.08. The highest BCUT2D eigenvalue weighted by Crippen LogP contribution is 2.13. The van der Waals surface area contributed by atoms with E-state index in [0.29, 0.717) is 23.5 Å². The van der Waals surface area contributed by atoms with Gasteiger partial charge in [0.25, 0.3) is 0 Å². The van der Waals surface area contributed by atoms with E-state index in [4.69, 9.17) is 23.7 Å². The van der Waals surface area contributed by atoms with Crippen LogP contribution in [0.1, 0.15) is 52.9 Å². The molecule has 8 heteroatoms. The molecule has 8 nitrogen and oxygen atoms in total. The lowest BCUT2D eigenvalue weighted by Crippen LogP contribution is -2.11. The van der Waals surface area contributed by atoms with E-state index < -0.39 is 11.9 Å². The minimum Gasteiger partial charge on any atom is -0.435 e. The fraction of sp³-hybridized carbons (Fsp3) is 0.500. The van der Waals surface area contributed by atoms with Crippen molar-refractivity contribution >= 4 is 11.9 Å².